The molecule has 2 atom stereocenters. The third-order valence-electron chi connectivity index (χ3n) is 5.21. The lowest BCUT2D eigenvalue weighted by Gasteiger charge is -2.31. The van der Waals surface area contributed by atoms with Crippen molar-refractivity contribution in [3.05, 3.63) is 23.9 Å². The molecule has 0 aliphatic carbocycles. The molecule has 0 radical (unpaired) electrons. The summed E-state index contributed by atoms with van der Waals surface area (Å²) in [4.78, 5) is 31.2. The zero-order chi connectivity index (χ0) is 18.4. The fourth-order valence-corrected chi connectivity index (χ4v) is 3.71. The minimum Gasteiger partial charge on any atom is -0.368 e. The van der Waals surface area contributed by atoms with Gasteiger partial charge in [0.05, 0.1) is 11.8 Å². The number of aromatic nitrogens is 1. The maximum atomic E-state index is 12.6. The van der Waals surface area contributed by atoms with E-state index in [9.17, 15) is 9.59 Å². The number of carbonyl (C=O) groups is 2. The monoisotopic (exact) mass is 359 g/mol. The molecule has 26 heavy (non-hydrogen) atoms. The lowest BCUT2D eigenvalue weighted by atomic mass is 9.89. The summed E-state index contributed by atoms with van der Waals surface area (Å²) in [5, 5.41) is 9.47. The van der Waals surface area contributed by atoms with Crippen molar-refractivity contribution in [2.24, 2.45) is 11.8 Å². The maximum absolute atomic E-state index is 12.6. The molecule has 2 aliphatic heterocycles. The molecule has 3 N–H and O–H groups in total. The van der Waals surface area contributed by atoms with E-state index in [2.05, 4.69) is 20.9 Å². The van der Waals surface area contributed by atoms with Crippen molar-refractivity contribution >= 4 is 17.6 Å². The van der Waals surface area contributed by atoms with E-state index >= 15 is 0 Å². The molecule has 0 aromatic carbocycles. The van der Waals surface area contributed by atoms with Gasteiger partial charge in [0, 0.05) is 45.5 Å². The third-order valence-corrected chi connectivity index (χ3v) is 5.21. The minimum absolute atomic E-state index is 0.0240. The van der Waals surface area contributed by atoms with Crippen molar-refractivity contribution < 1.29 is 9.59 Å². The number of nitrogens with zero attached hydrogens (tertiary/aromatic N) is 2. The van der Waals surface area contributed by atoms with Gasteiger partial charge in [0.15, 0.2) is 0 Å². The van der Waals surface area contributed by atoms with Crippen LogP contribution in [0.3, 0.4) is 0 Å². The number of hydrogen-bond donors (Lipinski definition) is 3. The van der Waals surface area contributed by atoms with Gasteiger partial charge in [0.2, 0.25) is 11.8 Å². The summed E-state index contributed by atoms with van der Waals surface area (Å²) in [6.45, 7) is 6.21. The van der Waals surface area contributed by atoms with Crippen molar-refractivity contribution in [1.29, 1.82) is 0 Å². The van der Waals surface area contributed by atoms with E-state index in [-0.39, 0.29) is 23.7 Å². The molecule has 0 bridgehead atoms. The molecule has 2 amide bonds. The Morgan fingerprint density at radius 1 is 1.23 bits per heavy atom. The highest BCUT2D eigenvalue weighted by Crippen LogP contribution is 2.21. The molecule has 1 aromatic rings. The molecule has 1 aromatic heterocycles. The highest BCUT2D eigenvalue weighted by atomic mass is 16.2. The molecule has 2 fully saturated rings. The number of piperidine rings is 1. The third kappa shape index (κ3) is 4.72. The molecule has 0 spiro atoms. The normalized spacial score (nSPS) is 22.9. The molecule has 142 valence electrons. The van der Waals surface area contributed by atoms with E-state index in [1.807, 2.05) is 24.0 Å². The molecule has 7 nitrogen and oxygen atoms in total. The van der Waals surface area contributed by atoms with Crippen molar-refractivity contribution in [3.8, 4) is 0 Å². The number of amides is 2. The summed E-state index contributed by atoms with van der Waals surface area (Å²) in [5.74, 6) is 0.858. The molecule has 7 heteroatoms. The van der Waals surface area contributed by atoms with Gasteiger partial charge in [-0.1, -0.05) is 6.07 Å². The van der Waals surface area contributed by atoms with E-state index < -0.39 is 0 Å². The Kier molecular flexibility index (Phi) is 6.44. The zero-order valence-electron chi connectivity index (χ0n) is 15.5. The second-order valence-electron chi connectivity index (χ2n) is 7.21. The van der Waals surface area contributed by atoms with Crippen LogP contribution in [-0.4, -0.2) is 61.0 Å². The van der Waals surface area contributed by atoms with Crippen molar-refractivity contribution in [3.63, 3.8) is 0 Å². The van der Waals surface area contributed by atoms with Crippen LogP contribution in [0.25, 0.3) is 0 Å². The van der Waals surface area contributed by atoms with Gasteiger partial charge in [-0.2, -0.15) is 0 Å². The summed E-state index contributed by atoms with van der Waals surface area (Å²) in [5.41, 5.74) is 1.08. The number of likely N-dealkylation sites (tertiary alicyclic amines) is 1. The van der Waals surface area contributed by atoms with Crippen LogP contribution in [0, 0.1) is 18.8 Å². The Bertz CT molecular complexity index is 630. The first-order valence-electron chi connectivity index (χ1n) is 9.58. The van der Waals surface area contributed by atoms with Gasteiger partial charge in [-0.15, -0.1) is 0 Å². The van der Waals surface area contributed by atoms with Crippen LogP contribution < -0.4 is 16.0 Å². The number of hydrogen-bond acceptors (Lipinski definition) is 5. The average molecular weight is 359 g/mol. The Hall–Kier alpha value is -2.15. The summed E-state index contributed by atoms with van der Waals surface area (Å²) in [7, 11) is 0. The lowest BCUT2D eigenvalue weighted by Crippen LogP contribution is -2.49. The summed E-state index contributed by atoms with van der Waals surface area (Å²) in [6.07, 6.45) is 4.58. The van der Waals surface area contributed by atoms with Gasteiger partial charge in [0.25, 0.3) is 0 Å². The van der Waals surface area contributed by atoms with Crippen molar-refractivity contribution in [1.82, 2.24) is 20.5 Å². The quantitative estimate of drug-likeness (QED) is 0.653. The Morgan fingerprint density at radius 2 is 2.00 bits per heavy atom. The predicted molar refractivity (Wildman–Crippen MR) is 101 cm³/mol. The SMILES string of the molecule is Cc1cccnc1NCCNC(=O)[C@H]1CNC[C@@H](C(=O)N2CCCC2)C1. The molecular formula is C19H29N5O2. The van der Waals surface area contributed by atoms with Crippen LogP contribution in [0.1, 0.15) is 24.8 Å². The first-order valence-corrected chi connectivity index (χ1v) is 9.58. The van der Waals surface area contributed by atoms with Gasteiger partial charge >= 0.3 is 0 Å². The highest BCUT2D eigenvalue weighted by molar-refractivity contribution is 5.83. The average Bonchev–Trinajstić information content (AvgIpc) is 3.20. The number of nitrogens with one attached hydrogen (secondary N) is 3. The summed E-state index contributed by atoms with van der Waals surface area (Å²) < 4.78 is 0. The van der Waals surface area contributed by atoms with E-state index in [0.717, 1.165) is 37.3 Å². The second kappa shape index (κ2) is 8.98. The van der Waals surface area contributed by atoms with Gasteiger partial charge < -0.3 is 20.9 Å². The smallest absolute Gasteiger partial charge is 0.226 e. The molecule has 3 heterocycles. The van der Waals surface area contributed by atoms with E-state index in [1.165, 1.54) is 0 Å². The van der Waals surface area contributed by atoms with Crippen molar-refractivity contribution in [2.45, 2.75) is 26.2 Å². The molecule has 0 unspecified atom stereocenters. The highest BCUT2D eigenvalue weighted by Gasteiger charge is 2.33. The van der Waals surface area contributed by atoms with Gasteiger partial charge in [0.1, 0.15) is 5.82 Å². The number of aryl methyl sites for hydroxylation is 1. The van der Waals surface area contributed by atoms with E-state index in [0.29, 0.717) is 32.6 Å². The van der Waals surface area contributed by atoms with Crippen LogP contribution in [0.15, 0.2) is 18.3 Å². The van der Waals surface area contributed by atoms with Crippen molar-refractivity contribution in [2.75, 3.05) is 44.6 Å². The molecular weight excluding hydrogens is 330 g/mol. The number of rotatable bonds is 6. The Balaban J connectivity index is 1.41. The molecule has 2 saturated heterocycles. The predicted octanol–water partition coefficient (Wildman–Crippen LogP) is 0.766. The zero-order valence-corrected chi connectivity index (χ0v) is 15.5. The Labute approximate surface area is 154 Å². The molecule has 2 aliphatic rings. The molecule has 3 rings (SSSR count). The lowest BCUT2D eigenvalue weighted by molar-refractivity contribution is -0.136. The number of carbonyl (C=O) groups excluding carboxylic acids is 2. The fraction of sp³-hybridized carbons (Fsp3) is 0.632. The summed E-state index contributed by atoms with van der Waals surface area (Å²) >= 11 is 0. The first-order chi connectivity index (χ1) is 12.6. The number of anilines is 1. The Morgan fingerprint density at radius 3 is 2.77 bits per heavy atom. The van der Waals surface area contributed by atoms with Crippen LogP contribution >= 0.6 is 0 Å². The van der Waals surface area contributed by atoms with Crippen LogP contribution in [0.4, 0.5) is 5.82 Å². The summed E-state index contributed by atoms with van der Waals surface area (Å²) in [6, 6.07) is 3.90. The van der Waals surface area contributed by atoms with Crippen LogP contribution in [0.2, 0.25) is 0 Å². The first kappa shape index (κ1) is 18.6. The van der Waals surface area contributed by atoms with Gasteiger partial charge in [-0.05, 0) is 37.8 Å². The van der Waals surface area contributed by atoms with E-state index in [1.54, 1.807) is 6.20 Å². The maximum Gasteiger partial charge on any atom is 0.226 e. The van der Waals surface area contributed by atoms with Crippen LogP contribution in [-0.2, 0) is 9.59 Å². The second-order valence-corrected chi connectivity index (χ2v) is 7.21. The molecule has 0 saturated carbocycles. The van der Waals surface area contributed by atoms with Gasteiger partial charge in [-0.25, -0.2) is 4.98 Å². The van der Waals surface area contributed by atoms with Crippen LogP contribution in [0.5, 0.6) is 0 Å². The van der Waals surface area contributed by atoms with E-state index in [4.69, 9.17) is 0 Å². The topological polar surface area (TPSA) is 86.4 Å². The minimum atomic E-state index is -0.142. The standard InChI is InChI=1S/C19H29N5O2/c1-14-5-4-6-21-17(14)22-7-8-23-18(25)15-11-16(13-20-12-15)19(26)24-9-2-3-10-24/h4-6,15-16,20H,2-3,7-13H2,1H3,(H,21,22)(H,23,25)/t15-,16+/m1/s1. The fourth-order valence-electron chi connectivity index (χ4n) is 3.71. The van der Waals surface area contributed by atoms with Gasteiger partial charge in [-0.3, -0.25) is 9.59 Å². The largest absolute Gasteiger partial charge is 0.368 e. The number of pyridine rings is 1.